The Hall–Kier alpha value is -2.54. The van der Waals surface area contributed by atoms with Crippen molar-refractivity contribution in [3.63, 3.8) is 0 Å². The predicted molar refractivity (Wildman–Crippen MR) is 93.5 cm³/mol. The van der Waals surface area contributed by atoms with Gasteiger partial charge in [-0.05, 0) is 49.7 Å². The third kappa shape index (κ3) is 5.30. The maximum Gasteiger partial charge on any atom is 0.323 e. The van der Waals surface area contributed by atoms with Gasteiger partial charge in [-0.15, -0.1) is 0 Å². The van der Waals surface area contributed by atoms with Crippen LogP contribution in [0.1, 0.15) is 11.1 Å². The molecule has 0 saturated heterocycles. The number of amides is 2. The number of carbonyl (C=O) groups is 1. The molecule has 0 unspecified atom stereocenters. The topological polar surface area (TPSA) is 87.3 Å². The molecule has 2 rings (SSSR count). The summed E-state index contributed by atoms with van der Waals surface area (Å²) in [7, 11) is -3.31. The molecule has 2 aromatic rings. The number of hydrogen-bond acceptors (Lipinski definition) is 3. The summed E-state index contributed by atoms with van der Waals surface area (Å²) in [5.41, 5.74) is 3.85. The molecule has 3 N–H and O–H groups in total. The van der Waals surface area contributed by atoms with Gasteiger partial charge in [-0.1, -0.05) is 17.7 Å². The Kier molecular flexibility index (Phi) is 4.90. The zero-order valence-electron chi connectivity index (χ0n) is 13.2. The van der Waals surface area contributed by atoms with Gasteiger partial charge in [0.05, 0.1) is 6.26 Å². The van der Waals surface area contributed by atoms with Crippen molar-refractivity contribution < 1.29 is 13.2 Å². The van der Waals surface area contributed by atoms with Gasteiger partial charge in [0.25, 0.3) is 0 Å². The Bertz CT molecular complexity index is 815. The van der Waals surface area contributed by atoms with Crippen LogP contribution in [0.2, 0.25) is 0 Å². The van der Waals surface area contributed by atoms with E-state index in [0.717, 1.165) is 23.1 Å². The highest BCUT2D eigenvalue weighted by Gasteiger charge is 2.06. The Balaban J connectivity index is 2.00. The lowest BCUT2D eigenvalue weighted by Crippen LogP contribution is -2.20. The Morgan fingerprint density at radius 1 is 0.913 bits per heavy atom. The van der Waals surface area contributed by atoms with Crippen LogP contribution in [-0.4, -0.2) is 20.7 Å². The van der Waals surface area contributed by atoms with Crippen LogP contribution in [0.15, 0.2) is 42.5 Å². The standard InChI is InChI=1S/C16H19N3O3S/c1-11-4-9-15(12(2)10-11)18-16(20)17-13-5-7-14(8-6-13)19-23(3,21)22/h4-10,19H,1-3H3,(H2,17,18,20). The summed E-state index contributed by atoms with van der Waals surface area (Å²) >= 11 is 0. The zero-order valence-corrected chi connectivity index (χ0v) is 14.0. The maximum absolute atomic E-state index is 12.0. The van der Waals surface area contributed by atoms with E-state index in [1.165, 1.54) is 0 Å². The first-order valence-electron chi connectivity index (χ1n) is 6.96. The molecule has 0 saturated carbocycles. The summed E-state index contributed by atoms with van der Waals surface area (Å²) < 4.78 is 24.6. The van der Waals surface area contributed by atoms with Gasteiger partial charge in [0.15, 0.2) is 0 Å². The van der Waals surface area contributed by atoms with E-state index in [1.54, 1.807) is 24.3 Å². The molecule has 0 aliphatic carbocycles. The van der Waals surface area contributed by atoms with Gasteiger partial charge in [-0.2, -0.15) is 0 Å². The average Bonchev–Trinajstić information content (AvgIpc) is 2.42. The normalized spacial score (nSPS) is 10.9. The van der Waals surface area contributed by atoms with E-state index in [4.69, 9.17) is 0 Å². The number of sulfonamides is 1. The van der Waals surface area contributed by atoms with E-state index in [-0.39, 0.29) is 6.03 Å². The zero-order chi connectivity index (χ0) is 17.0. The molecular weight excluding hydrogens is 314 g/mol. The van der Waals surface area contributed by atoms with Gasteiger partial charge in [0.1, 0.15) is 0 Å². The highest BCUT2D eigenvalue weighted by atomic mass is 32.2. The fourth-order valence-corrected chi connectivity index (χ4v) is 2.64. The van der Waals surface area contributed by atoms with Crippen LogP contribution < -0.4 is 15.4 Å². The summed E-state index contributed by atoms with van der Waals surface area (Å²) in [5, 5.41) is 5.47. The molecule has 0 atom stereocenters. The first-order chi connectivity index (χ1) is 10.7. The lowest BCUT2D eigenvalue weighted by molar-refractivity contribution is 0.262. The van der Waals surface area contributed by atoms with Gasteiger partial charge in [0, 0.05) is 17.1 Å². The van der Waals surface area contributed by atoms with Gasteiger partial charge in [-0.3, -0.25) is 4.72 Å². The number of urea groups is 1. The number of rotatable bonds is 4. The Morgan fingerprint density at radius 2 is 1.52 bits per heavy atom. The highest BCUT2D eigenvalue weighted by Crippen LogP contribution is 2.18. The first kappa shape index (κ1) is 16.8. The molecule has 7 heteroatoms. The van der Waals surface area contributed by atoms with Crippen molar-refractivity contribution in [2.45, 2.75) is 13.8 Å². The lowest BCUT2D eigenvalue weighted by Gasteiger charge is -2.11. The molecule has 2 aromatic carbocycles. The Labute approximate surface area is 136 Å². The highest BCUT2D eigenvalue weighted by molar-refractivity contribution is 7.92. The average molecular weight is 333 g/mol. The van der Waals surface area contributed by atoms with E-state index in [1.807, 2.05) is 32.0 Å². The minimum atomic E-state index is -3.31. The van der Waals surface area contributed by atoms with Crippen molar-refractivity contribution in [2.75, 3.05) is 21.6 Å². The van der Waals surface area contributed by atoms with Crippen molar-refractivity contribution in [1.82, 2.24) is 0 Å². The largest absolute Gasteiger partial charge is 0.323 e. The first-order valence-corrected chi connectivity index (χ1v) is 8.85. The fraction of sp³-hybridized carbons (Fsp3) is 0.188. The molecule has 0 aliphatic rings. The predicted octanol–water partition coefficient (Wildman–Crippen LogP) is 3.32. The SMILES string of the molecule is Cc1ccc(NC(=O)Nc2ccc(NS(C)(=O)=O)cc2)c(C)c1. The van der Waals surface area contributed by atoms with Crippen LogP contribution in [0, 0.1) is 13.8 Å². The van der Waals surface area contributed by atoms with Crippen molar-refractivity contribution in [3.05, 3.63) is 53.6 Å². The van der Waals surface area contributed by atoms with Crippen LogP contribution in [0.3, 0.4) is 0 Å². The van der Waals surface area contributed by atoms with E-state index in [2.05, 4.69) is 15.4 Å². The Morgan fingerprint density at radius 3 is 2.09 bits per heavy atom. The molecule has 122 valence electrons. The number of benzene rings is 2. The summed E-state index contributed by atoms with van der Waals surface area (Å²) in [6.07, 6.45) is 1.08. The quantitative estimate of drug-likeness (QED) is 0.802. The number of hydrogen-bond donors (Lipinski definition) is 3. The number of anilines is 3. The smallest absolute Gasteiger partial charge is 0.308 e. The summed E-state index contributed by atoms with van der Waals surface area (Å²) in [4.78, 5) is 12.0. The minimum Gasteiger partial charge on any atom is -0.308 e. The van der Waals surface area contributed by atoms with Gasteiger partial charge < -0.3 is 10.6 Å². The van der Waals surface area contributed by atoms with Gasteiger partial charge in [-0.25, -0.2) is 13.2 Å². The third-order valence-corrected chi connectivity index (χ3v) is 3.68. The second-order valence-electron chi connectivity index (χ2n) is 5.35. The molecule has 0 spiro atoms. The fourth-order valence-electron chi connectivity index (χ4n) is 2.07. The summed E-state index contributed by atoms with van der Waals surface area (Å²) in [6, 6.07) is 11.8. The van der Waals surface area contributed by atoms with Crippen LogP contribution in [-0.2, 0) is 10.0 Å². The molecule has 0 aromatic heterocycles. The number of aryl methyl sites for hydroxylation is 2. The summed E-state index contributed by atoms with van der Waals surface area (Å²) in [6.45, 7) is 3.91. The van der Waals surface area contributed by atoms with Crippen molar-refractivity contribution in [3.8, 4) is 0 Å². The van der Waals surface area contributed by atoms with Gasteiger partial charge >= 0.3 is 6.03 Å². The minimum absolute atomic E-state index is 0.360. The second kappa shape index (κ2) is 6.70. The summed E-state index contributed by atoms with van der Waals surface area (Å²) in [5.74, 6) is 0. The molecule has 0 bridgehead atoms. The third-order valence-electron chi connectivity index (χ3n) is 3.08. The molecule has 0 heterocycles. The van der Waals surface area contributed by atoms with Crippen LogP contribution in [0.5, 0.6) is 0 Å². The van der Waals surface area contributed by atoms with Gasteiger partial charge in [0.2, 0.25) is 10.0 Å². The van der Waals surface area contributed by atoms with Crippen LogP contribution in [0.25, 0.3) is 0 Å². The molecule has 0 aliphatic heterocycles. The molecule has 23 heavy (non-hydrogen) atoms. The van der Waals surface area contributed by atoms with Crippen molar-refractivity contribution in [1.29, 1.82) is 0 Å². The number of carbonyl (C=O) groups excluding carboxylic acids is 1. The van der Waals surface area contributed by atoms with E-state index >= 15 is 0 Å². The molecule has 0 fully saturated rings. The molecule has 0 radical (unpaired) electrons. The van der Waals surface area contributed by atoms with E-state index in [9.17, 15) is 13.2 Å². The van der Waals surface area contributed by atoms with Crippen LogP contribution >= 0.6 is 0 Å². The maximum atomic E-state index is 12.0. The van der Waals surface area contributed by atoms with E-state index in [0.29, 0.717) is 11.4 Å². The van der Waals surface area contributed by atoms with Crippen molar-refractivity contribution >= 4 is 33.1 Å². The lowest BCUT2D eigenvalue weighted by atomic mass is 10.1. The molecule has 6 nitrogen and oxygen atoms in total. The van der Waals surface area contributed by atoms with Crippen molar-refractivity contribution in [2.24, 2.45) is 0 Å². The molecule has 2 amide bonds. The monoisotopic (exact) mass is 333 g/mol. The molecular formula is C16H19N3O3S. The number of nitrogens with one attached hydrogen (secondary N) is 3. The second-order valence-corrected chi connectivity index (χ2v) is 7.10. The van der Waals surface area contributed by atoms with E-state index < -0.39 is 10.0 Å². The van der Waals surface area contributed by atoms with Crippen LogP contribution in [0.4, 0.5) is 21.9 Å².